The third kappa shape index (κ3) is 13.6. The number of carbonyl (C=O) groups excluding carboxylic acids is 3. The van der Waals surface area contributed by atoms with E-state index in [9.17, 15) is 22.8 Å². The molecule has 0 saturated carbocycles. The van der Waals surface area contributed by atoms with Gasteiger partial charge in [-0.05, 0) is 37.5 Å². The van der Waals surface area contributed by atoms with Crippen LogP contribution in [0.3, 0.4) is 0 Å². The maximum atomic E-state index is 13.9. The van der Waals surface area contributed by atoms with Gasteiger partial charge in [0.05, 0.1) is 17.0 Å². The van der Waals surface area contributed by atoms with E-state index in [0.717, 1.165) is 44.9 Å². The molecule has 3 rings (SSSR count). The normalized spacial score (nSPS) is 17.7. The Morgan fingerprint density at radius 1 is 0.816 bits per heavy atom. The van der Waals surface area contributed by atoms with E-state index in [1.807, 2.05) is 0 Å². The van der Waals surface area contributed by atoms with Crippen molar-refractivity contribution in [3.8, 4) is 0 Å². The predicted octanol–water partition coefficient (Wildman–Crippen LogP) is 6.68. The minimum Gasteiger partial charge on any atom is -0.352 e. The van der Waals surface area contributed by atoms with Gasteiger partial charge < -0.3 is 20.9 Å². The molecular weight excluding hydrogens is 639 g/mol. The molecule has 10 nitrogen and oxygen atoms in total. The van der Waals surface area contributed by atoms with Crippen LogP contribution in [0.15, 0.2) is 18.2 Å². The molecule has 278 valence electrons. The lowest BCUT2D eigenvalue weighted by Crippen LogP contribution is -2.46. The summed E-state index contributed by atoms with van der Waals surface area (Å²) in [6.45, 7) is 5.44. The lowest BCUT2D eigenvalue weighted by Gasteiger charge is -2.25. The molecule has 11 heteroatoms. The first kappa shape index (κ1) is 40.9. The fourth-order valence-corrected chi connectivity index (χ4v) is 8.49. The van der Waals surface area contributed by atoms with Crippen molar-refractivity contribution < 1.29 is 22.8 Å². The Hall–Kier alpha value is -2.50. The van der Waals surface area contributed by atoms with Crippen LogP contribution in [0.2, 0.25) is 0 Å². The highest BCUT2D eigenvalue weighted by Gasteiger charge is 2.46. The first-order chi connectivity index (χ1) is 23.7. The van der Waals surface area contributed by atoms with Crippen LogP contribution in [0.25, 0.3) is 0 Å². The SMILES string of the molecule is CCCCCCCCCCCCCCCCCS(=O)(=O)N[C@H]1C[C@H]2C(=O)N(CCN)c3ccc(C(=O)NCCCCCC)cc3C(=O)N2C1. The van der Waals surface area contributed by atoms with Gasteiger partial charge in [0.25, 0.3) is 11.8 Å². The molecule has 2 aliphatic rings. The van der Waals surface area contributed by atoms with Gasteiger partial charge in [-0.1, -0.05) is 123 Å². The molecule has 2 atom stereocenters. The van der Waals surface area contributed by atoms with Gasteiger partial charge >= 0.3 is 0 Å². The second-order valence-electron chi connectivity index (χ2n) is 14.1. The van der Waals surface area contributed by atoms with Gasteiger partial charge in [0, 0.05) is 37.8 Å². The van der Waals surface area contributed by atoms with Crippen LogP contribution in [-0.4, -0.2) is 75.1 Å². The number of nitrogens with two attached hydrogens (primary N) is 1. The van der Waals surface area contributed by atoms with E-state index in [4.69, 9.17) is 5.73 Å². The molecule has 2 heterocycles. The third-order valence-electron chi connectivity index (χ3n) is 9.92. The van der Waals surface area contributed by atoms with Crippen LogP contribution in [-0.2, 0) is 14.8 Å². The van der Waals surface area contributed by atoms with Crippen molar-refractivity contribution in [1.82, 2.24) is 14.9 Å². The molecule has 2 aliphatic heterocycles. The highest BCUT2D eigenvalue weighted by atomic mass is 32.2. The number of hydrogen-bond acceptors (Lipinski definition) is 6. The van der Waals surface area contributed by atoms with Crippen LogP contribution < -0.4 is 20.7 Å². The van der Waals surface area contributed by atoms with Crippen LogP contribution >= 0.6 is 0 Å². The highest BCUT2D eigenvalue weighted by molar-refractivity contribution is 7.89. The number of sulfonamides is 1. The van der Waals surface area contributed by atoms with Gasteiger partial charge in [-0.15, -0.1) is 0 Å². The molecule has 49 heavy (non-hydrogen) atoms. The molecule has 0 bridgehead atoms. The van der Waals surface area contributed by atoms with E-state index in [1.165, 1.54) is 80.4 Å². The molecule has 1 saturated heterocycles. The van der Waals surface area contributed by atoms with Crippen molar-refractivity contribution in [1.29, 1.82) is 0 Å². The van der Waals surface area contributed by atoms with E-state index in [2.05, 4.69) is 23.9 Å². The van der Waals surface area contributed by atoms with Gasteiger partial charge in [0.15, 0.2) is 0 Å². The topological polar surface area (TPSA) is 142 Å². The average molecular weight is 704 g/mol. The number of benzene rings is 1. The second-order valence-corrected chi connectivity index (χ2v) is 16.0. The van der Waals surface area contributed by atoms with E-state index in [0.29, 0.717) is 24.2 Å². The Kier molecular flexibility index (Phi) is 18.7. The smallest absolute Gasteiger partial charge is 0.256 e. The number of nitrogens with zero attached hydrogens (tertiary/aromatic N) is 2. The largest absolute Gasteiger partial charge is 0.352 e. The monoisotopic (exact) mass is 703 g/mol. The lowest BCUT2D eigenvalue weighted by atomic mass is 10.0. The number of carbonyl (C=O) groups is 3. The summed E-state index contributed by atoms with van der Waals surface area (Å²) in [6, 6.07) is 3.46. The minimum atomic E-state index is -3.57. The molecule has 1 fully saturated rings. The number of hydrogen-bond donors (Lipinski definition) is 3. The van der Waals surface area contributed by atoms with Crippen LogP contribution in [0.4, 0.5) is 5.69 Å². The van der Waals surface area contributed by atoms with Gasteiger partial charge in [0.2, 0.25) is 15.9 Å². The summed E-state index contributed by atoms with van der Waals surface area (Å²) >= 11 is 0. The van der Waals surface area contributed by atoms with Crippen molar-refractivity contribution in [2.75, 3.05) is 36.8 Å². The second kappa shape index (κ2) is 22.3. The number of amides is 3. The van der Waals surface area contributed by atoms with Crippen LogP contribution in [0.1, 0.15) is 163 Å². The first-order valence-corrected chi connectivity index (χ1v) is 21.1. The molecule has 1 aromatic rings. The number of nitrogens with one attached hydrogen (secondary N) is 2. The zero-order chi connectivity index (χ0) is 35.5. The summed E-state index contributed by atoms with van der Waals surface area (Å²) in [7, 11) is -3.57. The minimum absolute atomic E-state index is 0.0351. The van der Waals surface area contributed by atoms with Crippen LogP contribution in [0, 0.1) is 0 Å². The molecular formula is C38H65N5O5S. The summed E-state index contributed by atoms with van der Waals surface area (Å²) in [5.74, 6) is -0.896. The summed E-state index contributed by atoms with van der Waals surface area (Å²) < 4.78 is 28.8. The zero-order valence-electron chi connectivity index (χ0n) is 30.5. The number of fused-ring (bicyclic) bond motifs is 2. The van der Waals surface area contributed by atoms with Gasteiger partial charge in [-0.2, -0.15) is 0 Å². The van der Waals surface area contributed by atoms with Gasteiger partial charge in [0.1, 0.15) is 6.04 Å². The fourth-order valence-electron chi connectivity index (χ4n) is 7.11. The Bertz CT molecular complexity index is 1270. The highest BCUT2D eigenvalue weighted by Crippen LogP contribution is 2.33. The Morgan fingerprint density at radius 3 is 1.94 bits per heavy atom. The summed E-state index contributed by atoms with van der Waals surface area (Å²) in [5, 5.41) is 2.93. The maximum absolute atomic E-state index is 13.9. The maximum Gasteiger partial charge on any atom is 0.256 e. The van der Waals surface area contributed by atoms with Crippen molar-refractivity contribution >= 4 is 33.4 Å². The first-order valence-electron chi connectivity index (χ1n) is 19.5. The Labute approximate surface area is 296 Å². The van der Waals surface area contributed by atoms with Crippen molar-refractivity contribution in [2.45, 2.75) is 154 Å². The Morgan fingerprint density at radius 2 is 1.37 bits per heavy atom. The molecule has 0 unspecified atom stereocenters. The molecule has 3 amide bonds. The van der Waals surface area contributed by atoms with Crippen molar-refractivity contribution in [2.24, 2.45) is 5.73 Å². The molecule has 0 radical (unpaired) electrons. The molecule has 0 aliphatic carbocycles. The average Bonchev–Trinajstić information content (AvgIpc) is 3.48. The molecule has 4 N–H and O–H groups in total. The zero-order valence-corrected chi connectivity index (χ0v) is 31.3. The van der Waals surface area contributed by atoms with Crippen molar-refractivity contribution in [3.05, 3.63) is 29.3 Å². The third-order valence-corrected chi connectivity index (χ3v) is 11.4. The number of unbranched alkanes of at least 4 members (excludes halogenated alkanes) is 17. The van der Waals surface area contributed by atoms with Gasteiger partial charge in [-0.3, -0.25) is 14.4 Å². The fraction of sp³-hybridized carbons (Fsp3) is 0.763. The van der Waals surface area contributed by atoms with Crippen LogP contribution in [0.5, 0.6) is 0 Å². The summed E-state index contributed by atoms with van der Waals surface area (Å²) in [4.78, 5) is 43.5. The molecule has 0 aromatic heterocycles. The van der Waals surface area contributed by atoms with E-state index in [-0.39, 0.29) is 55.1 Å². The molecule has 1 aromatic carbocycles. The lowest BCUT2D eigenvalue weighted by molar-refractivity contribution is -0.122. The van der Waals surface area contributed by atoms with Gasteiger partial charge in [-0.25, -0.2) is 13.1 Å². The summed E-state index contributed by atoms with van der Waals surface area (Å²) in [6.07, 6.45) is 22.5. The number of anilines is 1. The van der Waals surface area contributed by atoms with Crippen molar-refractivity contribution in [3.63, 3.8) is 0 Å². The van der Waals surface area contributed by atoms with E-state index in [1.54, 1.807) is 18.2 Å². The quantitative estimate of drug-likeness (QED) is 0.0920. The molecule has 0 spiro atoms. The summed E-state index contributed by atoms with van der Waals surface area (Å²) in [5.41, 5.74) is 6.89. The predicted molar refractivity (Wildman–Crippen MR) is 199 cm³/mol. The van der Waals surface area contributed by atoms with E-state index < -0.39 is 22.1 Å². The standard InChI is InChI=1S/C38H65N5O5S/c1-3-5-7-9-10-11-12-13-14-15-16-17-18-19-21-27-49(47,48)41-32-29-35-38(46)42(26-24-39)34-23-22-31(28-33(34)37(45)43(35)30-32)36(44)40-25-20-8-6-4-2/h22-23,28,32,35,41H,3-21,24-27,29-30,39H2,1-2H3,(H,40,44)/t32-,35-/m0/s1. The van der Waals surface area contributed by atoms with E-state index >= 15 is 0 Å². The number of rotatable bonds is 26. The Balaban J connectivity index is 1.45.